The molecule has 0 bridgehead atoms. The minimum atomic E-state index is -4.83. The predicted octanol–water partition coefficient (Wildman–Crippen LogP) is 1.85. The summed E-state index contributed by atoms with van der Waals surface area (Å²) in [4.78, 5) is 26.8. The molecule has 0 fully saturated rings. The van der Waals surface area contributed by atoms with Crippen molar-refractivity contribution >= 4 is 28.7 Å². The van der Waals surface area contributed by atoms with Crippen LogP contribution in [0.4, 0.5) is 23.7 Å². The van der Waals surface area contributed by atoms with Gasteiger partial charge in [-0.2, -0.15) is 5.10 Å². The molecule has 3 aromatic rings. The zero-order valence-electron chi connectivity index (χ0n) is 15.0. The van der Waals surface area contributed by atoms with Gasteiger partial charge in [-0.15, -0.1) is 13.2 Å². The quantitative estimate of drug-likeness (QED) is 0.547. The lowest BCUT2D eigenvalue weighted by atomic mass is 10.2. The molecule has 13 heteroatoms. The monoisotopic (exact) mass is 425 g/mol. The van der Waals surface area contributed by atoms with Gasteiger partial charge in [0.2, 0.25) is 5.91 Å². The second-order valence-corrected chi connectivity index (χ2v) is 5.77. The van der Waals surface area contributed by atoms with Crippen LogP contribution in [-0.4, -0.2) is 44.8 Å². The molecule has 0 radical (unpaired) electrons. The maximum Gasteiger partial charge on any atom is 0.573 e. The Kier molecular flexibility index (Phi) is 5.73. The first-order valence-electron chi connectivity index (χ1n) is 8.23. The van der Waals surface area contributed by atoms with Crippen LogP contribution in [0.3, 0.4) is 0 Å². The van der Waals surface area contributed by atoms with E-state index in [1.54, 1.807) is 0 Å². The summed E-state index contributed by atoms with van der Waals surface area (Å²) in [6.07, 6.45) is -4.54. The van der Waals surface area contributed by atoms with E-state index in [9.17, 15) is 22.8 Å². The minimum absolute atomic E-state index is 0.167. The topological polar surface area (TPSA) is 142 Å². The average Bonchev–Trinajstić information content (AvgIpc) is 3.05. The number of rotatable bonds is 6. The standard InChI is InChI=1S/C17H14F3N5O5/c18-17(19,20)30-10-3-1-9(2-4-10)25-15-14(12(24-25)8-29-16(21)28)11(5-6-22-15)23-13(27)7-26/h1-6,26H,7-8H2,(H2,21,28)(H,22,23,27). The van der Waals surface area contributed by atoms with Gasteiger partial charge < -0.3 is 25.6 Å². The van der Waals surface area contributed by atoms with E-state index in [1.165, 1.54) is 29.1 Å². The molecule has 0 atom stereocenters. The van der Waals surface area contributed by atoms with Gasteiger partial charge >= 0.3 is 12.5 Å². The molecule has 30 heavy (non-hydrogen) atoms. The van der Waals surface area contributed by atoms with Gasteiger partial charge in [0.15, 0.2) is 5.65 Å². The number of benzene rings is 1. The molecule has 0 unspecified atom stereocenters. The molecular formula is C17H14F3N5O5. The maximum atomic E-state index is 12.4. The fraction of sp³-hybridized carbons (Fsp3) is 0.176. The van der Waals surface area contributed by atoms with E-state index in [0.717, 1.165) is 12.1 Å². The number of primary amides is 1. The molecule has 2 amide bonds. The summed E-state index contributed by atoms with van der Waals surface area (Å²) in [5.74, 6) is -1.13. The van der Waals surface area contributed by atoms with Gasteiger partial charge in [0.25, 0.3) is 0 Å². The molecule has 3 rings (SSSR count). The Labute approximate surface area is 166 Å². The van der Waals surface area contributed by atoms with Gasteiger partial charge in [0.05, 0.1) is 16.8 Å². The molecule has 2 heterocycles. The van der Waals surface area contributed by atoms with E-state index in [4.69, 9.17) is 15.6 Å². The third-order valence-electron chi connectivity index (χ3n) is 3.72. The lowest BCUT2D eigenvalue weighted by Crippen LogP contribution is -2.17. The van der Waals surface area contributed by atoms with Crippen LogP contribution >= 0.6 is 0 Å². The summed E-state index contributed by atoms with van der Waals surface area (Å²) < 4.78 is 46.9. The number of amides is 2. The third-order valence-corrected chi connectivity index (χ3v) is 3.72. The van der Waals surface area contributed by atoms with Gasteiger partial charge in [0, 0.05) is 6.20 Å². The van der Waals surface area contributed by atoms with Crippen molar-refractivity contribution in [2.24, 2.45) is 5.73 Å². The fourth-order valence-corrected chi connectivity index (χ4v) is 2.62. The summed E-state index contributed by atoms with van der Waals surface area (Å²) >= 11 is 0. The van der Waals surface area contributed by atoms with Crippen molar-refractivity contribution in [1.82, 2.24) is 14.8 Å². The number of alkyl halides is 3. The number of hydrogen-bond donors (Lipinski definition) is 3. The zero-order chi connectivity index (χ0) is 21.9. The molecule has 0 saturated carbocycles. The van der Waals surface area contributed by atoms with Crippen LogP contribution in [0.2, 0.25) is 0 Å². The number of ether oxygens (including phenoxy) is 2. The van der Waals surface area contributed by atoms with E-state index in [1.807, 2.05) is 0 Å². The van der Waals surface area contributed by atoms with Gasteiger partial charge in [-0.25, -0.2) is 14.5 Å². The van der Waals surface area contributed by atoms with Gasteiger partial charge in [0.1, 0.15) is 24.7 Å². The number of aliphatic hydroxyl groups is 1. The van der Waals surface area contributed by atoms with E-state index >= 15 is 0 Å². The second kappa shape index (κ2) is 8.24. The summed E-state index contributed by atoms with van der Waals surface area (Å²) in [6, 6.07) is 6.25. The Morgan fingerprint density at radius 3 is 2.50 bits per heavy atom. The van der Waals surface area contributed by atoms with Crippen LogP contribution in [0.5, 0.6) is 5.75 Å². The molecule has 10 nitrogen and oxygen atoms in total. The first-order chi connectivity index (χ1) is 14.2. The fourth-order valence-electron chi connectivity index (χ4n) is 2.62. The highest BCUT2D eigenvalue weighted by Gasteiger charge is 2.31. The Bertz CT molecular complexity index is 1080. The van der Waals surface area contributed by atoms with Crippen molar-refractivity contribution in [2.45, 2.75) is 13.0 Å². The Hall–Kier alpha value is -3.87. The van der Waals surface area contributed by atoms with Crippen LogP contribution in [0.1, 0.15) is 5.69 Å². The molecule has 0 aliphatic heterocycles. The molecule has 2 aromatic heterocycles. The number of carbonyl (C=O) groups excluding carboxylic acids is 2. The highest BCUT2D eigenvalue weighted by Crippen LogP contribution is 2.29. The summed E-state index contributed by atoms with van der Waals surface area (Å²) in [5.41, 5.74) is 5.91. The maximum absolute atomic E-state index is 12.4. The number of carbonyl (C=O) groups is 2. The average molecular weight is 425 g/mol. The predicted molar refractivity (Wildman–Crippen MR) is 95.6 cm³/mol. The molecule has 0 aliphatic carbocycles. The van der Waals surface area contributed by atoms with Crippen molar-refractivity contribution < 1.29 is 37.3 Å². The summed E-state index contributed by atoms with van der Waals surface area (Å²) in [7, 11) is 0. The largest absolute Gasteiger partial charge is 0.573 e. The van der Waals surface area contributed by atoms with Crippen molar-refractivity contribution in [3.05, 3.63) is 42.2 Å². The third kappa shape index (κ3) is 4.75. The zero-order valence-corrected chi connectivity index (χ0v) is 15.0. The number of pyridine rings is 1. The molecular weight excluding hydrogens is 411 g/mol. The summed E-state index contributed by atoms with van der Waals surface area (Å²) in [5, 5.41) is 16.0. The smallest absolute Gasteiger partial charge is 0.443 e. The number of aliphatic hydroxyl groups excluding tert-OH is 1. The van der Waals surface area contributed by atoms with Crippen LogP contribution in [0, 0.1) is 0 Å². The highest BCUT2D eigenvalue weighted by atomic mass is 19.4. The normalized spacial score (nSPS) is 11.3. The number of nitrogens with one attached hydrogen (secondary N) is 1. The van der Waals surface area contributed by atoms with Crippen LogP contribution in [0.25, 0.3) is 16.7 Å². The van der Waals surface area contributed by atoms with Crippen molar-refractivity contribution in [2.75, 3.05) is 11.9 Å². The number of halogens is 3. The molecule has 1 aromatic carbocycles. The van der Waals surface area contributed by atoms with Crippen LogP contribution < -0.4 is 15.8 Å². The number of nitrogens with zero attached hydrogens (tertiary/aromatic N) is 3. The molecule has 0 spiro atoms. The molecule has 0 saturated heterocycles. The van der Waals surface area contributed by atoms with Gasteiger partial charge in [-0.1, -0.05) is 0 Å². The van der Waals surface area contributed by atoms with E-state index in [2.05, 4.69) is 20.1 Å². The number of aromatic nitrogens is 3. The lowest BCUT2D eigenvalue weighted by Gasteiger charge is -2.09. The van der Waals surface area contributed by atoms with E-state index < -0.39 is 30.7 Å². The van der Waals surface area contributed by atoms with Gasteiger partial charge in [-0.3, -0.25) is 4.79 Å². The highest BCUT2D eigenvalue weighted by molar-refractivity contribution is 6.01. The Morgan fingerprint density at radius 1 is 1.20 bits per heavy atom. The van der Waals surface area contributed by atoms with E-state index in [-0.39, 0.29) is 29.0 Å². The Morgan fingerprint density at radius 2 is 1.90 bits per heavy atom. The van der Waals surface area contributed by atoms with Crippen LogP contribution in [-0.2, 0) is 16.1 Å². The van der Waals surface area contributed by atoms with Crippen molar-refractivity contribution in [3.63, 3.8) is 0 Å². The SMILES string of the molecule is NC(=O)OCc1nn(-c2ccc(OC(F)(F)F)cc2)c2nccc(NC(=O)CO)c12. The Balaban J connectivity index is 2.07. The first kappa shape index (κ1) is 20.9. The lowest BCUT2D eigenvalue weighted by molar-refractivity contribution is -0.274. The first-order valence-corrected chi connectivity index (χ1v) is 8.23. The number of fused-ring (bicyclic) bond motifs is 1. The molecule has 0 aliphatic rings. The van der Waals surface area contributed by atoms with Crippen molar-refractivity contribution in [1.29, 1.82) is 0 Å². The number of anilines is 1. The molecule has 158 valence electrons. The van der Waals surface area contributed by atoms with E-state index in [0.29, 0.717) is 5.69 Å². The van der Waals surface area contributed by atoms with Gasteiger partial charge in [-0.05, 0) is 30.3 Å². The summed E-state index contributed by atoms with van der Waals surface area (Å²) in [6.45, 7) is -1.13. The minimum Gasteiger partial charge on any atom is -0.443 e. The second-order valence-electron chi connectivity index (χ2n) is 5.77. The number of nitrogens with two attached hydrogens (primary N) is 1. The van der Waals surface area contributed by atoms with Crippen molar-refractivity contribution in [3.8, 4) is 11.4 Å². The van der Waals surface area contributed by atoms with Crippen LogP contribution in [0.15, 0.2) is 36.5 Å². The molecule has 4 N–H and O–H groups in total. The number of hydrogen-bond acceptors (Lipinski definition) is 7.